The molecule has 1 heterocycles. The molecule has 0 aromatic carbocycles. The van der Waals surface area contributed by atoms with Gasteiger partial charge in [-0.25, -0.2) is 0 Å². The highest BCUT2D eigenvalue weighted by molar-refractivity contribution is 4.89. The first-order valence-corrected chi connectivity index (χ1v) is 4.97. The van der Waals surface area contributed by atoms with Crippen LogP contribution < -0.4 is 0 Å². The van der Waals surface area contributed by atoms with E-state index < -0.39 is 5.79 Å². The van der Waals surface area contributed by atoms with E-state index in [2.05, 4.69) is 13.5 Å². The Balaban J connectivity index is 2.59. The molecule has 0 amide bonds. The van der Waals surface area contributed by atoms with Crippen LogP contribution in [0.15, 0.2) is 12.7 Å². The summed E-state index contributed by atoms with van der Waals surface area (Å²) in [5.41, 5.74) is 0. The number of methoxy groups -OCH3 is 1. The Hall–Kier alpha value is -0.380. The van der Waals surface area contributed by atoms with E-state index >= 15 is 0 Å². The summed E-state index contributed by atoms with van der Waals surface area (Å²) in [4.78, 5) is 0. The third-order valence-corrected chi connectivity index (χ3v) is 2.56. The van der Waals surface area contributed by atoms with Crippen molar-refractivity contribution in [2.24, 2.45) is 5.92 Å². The van der Waals surface area contributed by atoms with Gasteiger partial charge in [0.25, 0.3) is 0 Å². The standard InChI is InChI=1S/C11H20O3/c1-6-8(2)10(12-5)9-7-13-11(3,4)14-9/h6,8-10H,1,7H2,2-5H3/t8-,9+,10+/m0/s1. The van der Waals surface area contributed by atoms with E-state index in [0.717, 1.165) is 0 Å². The molecular formula is C11H20O3. The van der Waals surface area contributed by atoms with E-state index in [9.17, 15) is 0 Å². The molecule has 82 valence electrons. The van der Waals surface area contributed by atoms with E-state index in [4.69, 9.17) is 14.2 Å². The minimum Gasteiger partial charge on any atom is -0.378 e. The van der Waals surface area contributed by atoms with Gasteiger partial charge in [-0.2, -0.15) is 0 Å². The van der Waals surface area contributed by atoms with E-state index in [0.29, 0.717) is 6.61 Å². The number of rotatable bonds is 4. The van der Waals surface area contributed by atoms with E-state index in [1.54, 1.807) is 7.11 Å². The van der Waals surface area contributed by atoms with Crippen LogP contribution in [0.25, 0.3) is 0 Å². The highest BCUT2D eigenvalue weighted by Crippen LogP contribution is 2.28. The predicted molar refractivity (Wildman–Crippen MR) is 55.1 cm³/mol. The molecule has 0 N–H and O–H groups in total. The van der Waals surface area contributed by atoms with Crippen LogP contribution in [-0.2, 0) is 14.2 Å². The first kappa shape index (κ1) is 11.7. The molecular weight excluding hydrogens is 180 g/mol. The molecule has 14 heavy (non-hydrogen) atoms. The Bertz CT molecular complexity index is 201. The molecule has 0 unspecified atom stereocenters. The molecule has 1 saturated heterocycles. The normalized spacial score (nSPS) is 29.9. The zero-order valence-electron chi connectivity index (χ0n) is 9.45. The summed E-state index contributed by atoms with van der Waals surface area (Å²) >= 11 is 0. The minimum atomic E-state index is -0.484. The van der Waals surface area contributed by atoms with Crippen LogP contribution in [0.2, 0.25) is 0 Å². The van der Waals surface area contributed by atoms with Crippen molar-refractivity contribution in [2.75, 3.05) is 13.7 Å². The maximum Gasteiger partial charge on any atom is 0.163 e. The van der Waals surface area contributed by atoms with Gasteiger partial charge in [0.05, 0.1) is 12.7 Å². The molecule has 1 rings (SSSR count). The molecule has 3 heteroatoms. The van der Waals surface area contributed by atoms with Crippen molar-refractivity contribution < 1.29 is 14.2 Å². The monoisotopic (exact) mass is 200 g/mol. The number of hydrogen-bond donors (Lipinski definition) is 0. The lowest BCUT2D eigenvalue weighted by molar-refractivity contribution is -0.156. The lowest BCUT2D eigenvalue weighted by atomic mass is 10.0. The fourth-order valence-corrected chi connectivity index (χ4v) is 1.72. The second-order valence-electron chi connectivity index (χ2n) is 4.16. The van der Waals surface area contributed by atoms with Crippen molar-refractivity contribution in [2.45, 2.75) is 38.8 Å². The Morgan fingerprint density at radius 3 is 2.57 bits per heavy atom. The Labute approximate surface area is 86.0 Å². The zero-order valence-corrected chi connectivity index (χ0v) is 9.45. The Kier molecular flexibility index (Phi) is 3.70. The summed E-state index contributed by atoms with van der Waals surface area (Å²) < 4.78 is 16.6. The molecule has 3 nitrogen and oxygen atoms in total. The summed E-state index contributed by atoms with van der Waals surface area (Å²) in [6.07, 6.45) is 1.90. The first-order valence-electron chi connectivity index (χ1n) is 4.97. The molecule has 0 aliphatic carbocycles. The van der Waals surface area contributed by atoms with Gasteiger partial charge in [0.1, 0.15) is 6.10 Å². The van der Waals surface area contributed by atoms with Crippen LogP contribution in [0, 0.1) is 5.92 Å². The van der Waals surface area contributed by atoms with E-state index in [-0.39, 0.29) is 18.1 Å². The second kappa shape index (κ2) is 4.43. The average molecular weight is 200 g/mol. The molecule has 0 bridgehead atoms. The van der Waals surface area contributed by atoms with Gasteiger partial charge in [-0.05, 0) is 13.8 Å². The van der Waals surface area contributed by atoms with Crippen molar-refractivity contribution >= 4 is 0 Å². The molecule has 3 atom stereocenters. The van der Waals surface area contributed by atoms with Gasteiger partial charge in [0, 0.05) is 13.0 Å². The molecule has 0 spiro atoms. The number of hydrogen-bond acceptors (Lipinski definition) is 3. The van der Waals surface area contributed by atoms with Crippen molar-refractivity contribution in [3.05, 3.63) is 12.7 Å². The lowest BCUT2D eigenvalue weighted by Crippen LogP contribution is -2.36. The van der Waals surface area contributed by atoms with E-state index in [1.807, 2.05) is 19.9 Å². The fourth-order valence-electron chi connectivity index (χ4n) is 1.72. The highest BCUT2D eigenvalue weighted by Gasteiger charge is 2.38. The summed E-state index contributed by atoms with van der Waals surface area (Å²) in [7, 11) is 1.69. The average Bonchev–Trinajstić information content (AvgIpc) is 2.47. The highest BCUT2D eigenvalue weighted by atomic mass is 16.7. The van der Waals surface area contributed by atoms with Crippen molar-refractivity contribution in [3.63, 3.8) is 0 Å². The molecule has 1 aliphatic rings. The van der Waals surface area contributed by atoms with E-state index in [1.165, 1.54) is 0 Å². The minimum absolute atomic E-state index is 0.00278. The van der Waals surface area contributed by atoms with Gasteiger partial charge >= 0.3 is 0 Å². The molecule has 0 radical (unpaired) electrons. The van der Waals surface area contributed by atoms with Gasteiger partial charge in [-0.15, -0.1) is 6.58 Å². The fraction of sp³-hybridized carbons (Fsp3) is 0.818. The topological polar surface area (TPSA) is 27.7 Å². The summed E-state index contributed by atoms with van der Waals surface area (Å²) in [6.45, 7) is 10.2. The Morgan fingerprint density at radius 1 is 1.57 bits per heavy atom. The van der Waals surface area contributed by atoms with Crippen LogP contribution in [-0.4, -0.2) is 31.7 Å². The maximum atomic E-state index is 5.73. The van der Waals surface area contributed by atoms with Crippen molar-refractivity contribution in [1.29, 1.82) is 0 Å². The van der Waals surface area contributed by atoms with Gasteiger partial charge < -0.3 is 14.2 Å². The third kappa shape index (κ3) is 2.56. The molecule has 0 saturated carbocycles. The molecule has 0 aromatic heterocycles. The maximum absolute atomic E-state index is 5.73. The Morgan fingerprint density at radius 2 is 2.21 bits per heavy atom. The second-order valence-corrected chi connectivity index (χ2v) is 4.16. The molecule has 1 fully saturated rings. The number of ether oxygens (including phenoxy) is 3. The lowest BCUT2D eigenvalue weighted by Gasteiger charge is -2.26. The quantitative estimate of drug-likeness (QED) is 0.649. The van der Waals surface area contributed by atoms with Crippen LogP contribution in [0.3, 0.4) is 0 Å². The zero-order chi connectivity index (χ0) is 10.8. The summed E-state index contributed by atoms with van der Waals surface area (Å²) in [6, 6.07) is 0. The predicted octanol–water partition coefficient (Wildman–Crippen LogP) is 1.97. The summed E-state index contributed by atoms with van der Waals surface area (Å²) in [5.74, 6) is -0.218. The van der Waals surface area contributed by atoms with Crippen molar-refractivity contribution in [1.82, 2.24) is 0 Å². The smallest absolute Gasteiger partial charge is 0.163 e. The van der Waals surface area contributed by atoms with Gasteiger partial charge in [0.2, 0.25) is 0 Å². The van der Waals surface area contributed by atoms with Crippen LogP contribution in [0.4, 0.5) is 0 Å². The van der Waals surface area contributed by atoms with Crippen molar-refractivity contribution in [3.8, 4) is 0 Å². The third-order valence-electron chi connectivity index (χ3n) is 2.56. The summed E-state index contributed by atoms with van der Waals surface area (Å²) in [5, 5.41) is 0. The largest absolute Gasteiger partial charge is 0.378 e. The van der Waals surface area contributed by atoms with Crippen LogP contribution in [0.1, 0.15) is 20.8 Å². The molecule has 0 aromatic rings. The SMILES string of the molecule is C=C[C@H](C)[C@@H](OC)[C@H]1COC(C)(C)O1. The van der Waals surface area contributed by atoms with Crippen LogP contribution >= 0.6 is 0 Å². The van der Waals surface area contributed by atoms with Crippen LogP contribution in [0.5, 0.6) is 0 Å². The van der Waals surface area contributed by atoms with Gasteiger partial charge in [-0.1, -0.05) is 13.0 Å². The molecule has 1 aliphatic heterocycles. The first-order chi connectivity index (χ1) is 6.50. The van der Waals surface area contributed by atoms with Gasteiger partial charge in [0.15, 0.2) is 5.79 Å². The van der Waals surface area contributed by atoms with Gasteiger partial charge in [-0.3, -0.25) is 0 Å².